The fraction of sp³-hybridized carbons (Fsp3) is 0.941. The Morgan fingerprint density at radius 2 is 0.952 bits per heavy atom. The Hall–Kier alpha value is -1.15. The Morgan fingerprint density at radius 1 is 0.548 bits per heavy atom. The lowest BCUT2D eigenvalue weighted by Gasteiger charge is -2.40. The molecule has 0 aromatic carbocycles. The molecule has 8 N–H and O–H groups in total. The maximum atomic E-state index is 13.0. The van der Waals surface area contributed by atoms with Gasteiger partial charge in [-0.05, 0) is 38.5 Å². The molecule has 9 unspecified atom stereocenters. The van der Waals surface area contributed by atoms with Crippen molar-refractivity contribution in [3.63, 3.8) is 0 Å². The molecule has 62 heavy (non-hydrogen) atoms. The third-order valence-electron chi connectivity index (χ3n) is 12.8. The third kappa shape index (κ3) is 30.1. The van der Waals surface area contributed by atoms with E-state index in [1.807, 2.05) is 0 Å². The second-order valence-electron chi connectivity index (χ2n) is 18.6. The molecule has 0 radical (unpaired) electrons. The van der Waals surface area contributed by atoms with Crippen LogP contribution in [0.2, 0.25) is 0 Å². The van der Waals surface area contributed by atoms with E-state index in [4.69, 9.17) is 9.47 Å². The molecule has 1 amide bonds. The largest absolute Gasteiger partial charge is 0.394 e. The molecule has 1 fully saturated rings. The molecule has 11 nitrogen and oxygen atoms in total. The summed E-state index contributed by atoms with van der Waals surface area (Å²) in [6, 6.07) is -1.18. The Balaban J connectivity index is 2.29. The average molecular weight is 886 g/mol. The van der Waals surface area contributed by atoms with Crippen LogP contribution in [-0.2, 0) is 14.3 Å². The van der Waals surface area contributed by atoms with Crippen LogP contribution >= 0.6 is 0 Å². The number of carbonyl (C=O) groups is 1. The third-order valence-corrected chi connectivity index (χ3v) is 12.8. The second kappa shape index (κ2) is 41.3. The molecule has 0 aromatic heterocycles. The number of hydrogen-bond donors (Lipinski definition) is 8. The first kappa shape index (κ1) is 58.9. The van der Waals surface area contributed by atoms with Gasteiger partial charge in [0.1, 0.15) is 36.6 Å². The molecular formula is C51H99NO10. The molecule has 1 aliphatic heterocycles. The van der Waals surface area contributed by atoms with E-state index in [9.17, 15) is 40.5 Å². The predicted molar refractivity (Wildman–Crippen MR) is 252 cm³/mol. The SMILES string of the molecule is CCCCCCCCCCCCCCCCCCCCCCC/C=C/CCCC(O)C(O)C(COC1OC(CO)C(O)C(O)C1O)NC(=O)C(O)CCCCCCCCCCC. The van der Waals surface area contributed by atoms with Crippen LogP contribution in [0.15, 0.2) is 12.2 Å². The highest BCUT2D eigenvalue weighted by molar-refractivity contribution is 5.80. The molecular weight excluding hydrogens is 787 g/mol. The van der Waals surface area contributed by atoms with Gasteiger partial charge in [-0.15, -0.1) is 0 Å². The molecule has 1 rings (SSSR count). The smallest absolute Gasteiger partial charge is 0.249 e. The standard InChI is InChI=1S/C51H99NO10/c1-3-5-7-9-11-13-14-15-16-17-18-19-20-21-22-23-24-25-26-27-28-29-31-32-34-36-38-43(54)46(56)42(41-61-51-49(59)48(58)47(57)45(40-53)62-51)52-50(60)44(55)39-37-35-33-30-12-10-8-6-4-2/h31-32,42-49,51,53-59H,3-30,33-41H2,1-2H3,(H,52,60)/b32-31+. The molecule has 1 saturated heterocycles. The number of aliphatic hydroxyl groups excluding tert-OH is 7. The first-order chi connectivity index (χ1) is 30.2. The molecule has 0 saturated carbocycles. The quantitative estimate of drug-likeness (QED) is 0.0216. The maximum absolute atomic E-state index is 13.0. The van der Waals surface area contributed by atoms with Crippen LogP contribution in [0.3, 0.4) is 0 Å². The van der Waals surface area contributed by atoms with Crippen LogP contribution in [0.25, 0.3) is 0 Å². The van der Waals surface area contributed by atoms with Crippen LogP contribution in [-0.4, -0.2) is 110 Å². The highest BCUT2D eigenvalue weighted by atomic mass is 16.7. The lowest BCUT2D eigenvalue weighted by atomic mass is 9.98. The summed E-state index contributed by atoms with van der Waals surface area (Å²) in [6.45, 7) is 3.41. The van der Waals surface area contributed by atoms with Crippen molar-refractivity contribution in [2.45, 2.75) is 294 Å². The van der Waals surface area contributed by atoms with Gasteiger partial charge in [0.15, 0.2) is 6.29 Å². The monoisotopic (exact) mass is 886 g/mol. The van der Waals surface area contributed by atoms with E-state index in [-0.39, 0.29) is 12.8 Å². The van der Waals surface area contributed by atoms with E-state index < -0.39 is 74.2 Å². The van der Waals surface area contributed by atoms with Gasteiger partial charge in [0.05, 0.1) is 25.4 Å². The van der Waals surface area contributed by atoms with E-state index >= 15 is 0 Å². The Bertz CT molecular complexity index is 1020. The number of unbranched alkanes of at least 4 members (excludes halogenated alkanes) is 30. The maximum Gasteiger partial charge on any atom is 0.249 e. The molecule has 0 aromatic rings. The Kier molecular flexibility index (Phi) is 39.2. The molecule has 1 heterocycles. The van der Waals surface area contributed by atoms with E-state index in [1.165, 1.54) is 161 Å². The van der Waals surface area contributed by atoms with Crippen molar-refractivity contribution in [3.05, 3.63) is 12.2 Å². The van der Waals surface area contributed by atoms with E-state index in [0.29, 0.717) is 12.8 Å². The fourth-order valence-corrected chi connectivity index (χ4v) is 8.50. The normalized spacial score (nSPS) is 21.3. The van der Waals surface area contributed by atoms with Crippen LogP contribution in [0, 0.1) is 0 Å². The minimum absolute atomic E-state index is 0.256. The van der Waals surface area contributed by atoms with Crippen molar-refractivity contribution in [2.75, 3.05) is 13.2 Å². The van der Waals surface area contributed by atoms with Gasteiger partial charge in [-0.1, -0.05) is 212 Å². The molecule has 368 valence electrons. The van der Waals surface area contributed by atoms with Crippen molar-refractivity contribution < 1.29 is 50.0 Å². The summed E-state index contributed by atoms with van der Waals surface area (Å²) >= 11 is 0. The minimum Gasteiger partial charge on any atom is -0.394 e. The summed E-state index contributed by atoms with van der Waals surface area (Å²) < 4.78 is 11.1. The minimum atomic E-state index is -1.66. The van der Waals surface area contributed by atoms with Crippen LogP contribution in [0.1, 0.15) is 239 Å². The number of allylic oxidation sites excluding steroid dienone is 2. The van der Waals surface area contributed by atoms with Gasteiger partial charge in [-0.2, -0.15) is 0 Å². The highest BCUT2D eigenvalue weighted by Gasteiger charge is 2.44. The van der Waals surface area contributed by atoms with Crippen molar-refractivity contribution >= 4 is 5.91 Å². The summed E-state index contributed by atoms with van der Waals surface area (Å²) in [6.07, 6.45) is 34.4. The lowest BCUT2D eigenvalue weighted by molar-refractivity contribution is -0.303. The summed E-state index contributed by atoms with van der Waals surface area (Å²) in [5, 5.41) is 75.6. The first-order valence-electron chi connectivity index (χ1n) is 26.1. The number of amides is 1. The highest BCUT2D eigenvalue weighted by Crippen LogP contribution is 2.23. The summed E-state index contributed by atoms with van der Waals surface area (Å²) in [5.41, 5.74) is 0. The summed E-state index contributed by atoms with van der Waals surface area (Å²) in [7, 11) is 0. The van der Waals surface area contributed by atoms with Crippen LogP contribution in [0.5, 0.6) is 0 Å². The zero-order valence-electron chi connectivity index (χ0n) is 39.9. The number of rotatable bonds is 44. The van der Waals surface area contributed by atoms with E-state index in [2.05, 4.69) is 31.3 Å². The van der Waals surface area contributed by atoms with Crippen molar-refractivity contribution in [1.29, 1.82) is 0 Å². The summed E-state index contributed by atoms with van der Waals surface area (Å²) in [5.74, 6) is -0.707. The van der Waals surface area contributed by atoms with Gasteiger partial charge in [0, 0.05) is 0 Å². The zero-order valence-corrected chi connectivity index (χ0v) is 39.9. The van der Waals surface area contributed by atoms with E-state index in [1.54, 1.807) is 0 Å². The topological polar surface area (TPSA) is 189 Å². The first-order valence-corrected chi connectivity index (χ1v) is 26.1. The summed E-state index contributed by atoms with van der Waals surface area (Å²) in [4.78, 5) is 13.0. The Labute approximate surface area is 379 Å². The van der Waals surface area contributed by atoms with Gasteiger partial charge < -0.3 is 50.5 Å². The molecule has 0 aliphatic carbocycles. The molecule has 9 atom stereocenters. The molecule has 0 spiro atoms. The van der Waals surface area contributed by atoms with Gasteiger partial charge in [-0.3, -0.25) is 4.79 Å². The number of carbonyl (C=O) groups excluding carboxylic acids is 1. The van der Waals surface area contributed by atoms with E-state index in [0.717, 1.165) is 38.5 Å². The van der Waals surface area contributed by atoms with Crippen LogP contribution in [0.4, 0.5) is 0 Å². The predicted octanol–water partition coefficient (Wildman–Crippen LogP) is 9.62. The van der Waals surface area contributed by atoms with Gasteiger partial charge in [0.25, 0.3) is 0 Å². The average Bonchev–Trinajstić information content (AvgIpc) is 3.27. The van der Waals surface area contributed by atoms with Crippen molar-refractivity contribution in [1.82, 2.24) is 5.32 Å². The number of hydrogen-bond acceptors (Lipinski definition) is 10. The molecule has 0 bridgehead atoms. The van der Waals surface area contributed by atoms with Gasteiger partial charge in [0.2, 0.25) is 5.91 Å². The zero-order chi connectivity index (χ0) is 45.5. The Morgan fingerprint density at radius 3 is 1.39 bits per heavy atom. The number of ether oxygens (including phenoxy) is 2. The van der Waals surface area contributed by atoms with Crippen molar-refractivity contribution in [2.24, 2.45) is 0 Å². The second-order valence-corrected chi connectivity index (χ2v) is 18.6. The lowest BCUT2D eigenvalue weighted by Crippen LogP contribution is -2.60. The van der Waals surface area contributed by atoms with Crippen molar-refractivity contribution in [3.8, 4) is 0 Å². The molecule has 11 heteroatoms. The number of aliphatic hydroxyl groups is 7. The fourth-order valence-electron chi connectivity index (χ4n) is 8.50. The van der Waals surface area contributed by atoms with Crippen LogP contribution < -0.4 is 5.32 Å². The number of nitrogens with one attached hydrogen (secondary N) is 1. The van der Waals surface area contributed by atoms with Gasteiger partial charge >= 0.3 is 0 Å². The molecule has 1 aliphatic rings. The van der Waals surface area contributed by atoms with Gasteiger partial charge in [-0.25, -0.2) is 0 Å².